The average Bonchev–Trinajstić information content (AvgIpc) is 2.55. The van der Waals surface area contributed by atoms with E-state index in [0.717, 1.165) is 29.6 Å². The van der Waals surface area contributed by atoms with Gasteiger partial charge in [-0.25, -0.2) is 0 Å². The van der Waals surface area contributed by atoms with Crippen molar-refractivity contribution in [3.8, 4) is 11.5 Å². The number of rotatable bonds is 5. The Kier molecular flexibility index (Phi) is 7.40. The molecule has 0 aromatic heterocycles. The lowest BCUT2D eigenvalue weighted by Crippen LogP contribution is -2.72. The summed E-state index contributed by atoms with van der Waals surface area (Å²) in [5.41, 5.74) is 1.51. The van der Waals surface area contributed by atoms with Crippen molar-refractivity contribution in [2.24, 2.45) is 10.4 Å². The lowest BCUT2D eigenvalue weighted by atomic mass is 9.65. The second-order valence-corrected chi connectivity index (χ2v) is 7.35. The summed E-state index contributed by atoms with van der Waals surface area (Å²) in [6, 6.07) is 6.02. The molecule has 1 heterocycles. The van der Waals surface area contributed by atoms with Crippen molar-refractivity contribution in [2.75, 3.05) is 27.3 Å². The molecule has 1 fully saturated rings. The molecule has 5 nitrogen and oxygen atoms in total. The van der Waals surface area contributed by atoms with Crippen LogP contribution in [-0.2, 0) is 6.54 Å². The van der Waals surface area contributed by atoms with E-state index in [1.54, 1.807) is 7.11 Å². The Hall–Kier alpha value is -1.18. The number of likely N-dealkylation sites (tertiary alicyclic amines) is 1. The summed E-state index contributed by atoms with van der Waals surface area (Å²) in [5, 5.41) is 3.46. The van der Waals surface area contributed by atoms with Crippen LogP contribution in [0.5, 0.6) is 11.5 Å². The first-order valence-electron chi connectivity index (χ1n) is 8.55. The topological polar surface area (TPSA) is 46.1 Å². The number of ether oxygens (including phenoxy) is 2. The van der Waals surface area contributed by atoms with Gasteiger partial charge < -0.3 is 19.7 Å². The number of nitrogens with zero attached hydrogens (tertiary/aromatic N) is 2. The third-order valence-corrected chi connectivity index (χ3v) is 5.33. The number of halogens is 1. The van der Waals surface area contributed by atoms with Gasteiger partial charge in [-0.15, -0.1) is 24.0 Å². The Morgan fingerprint density at radius 3 is 2.40 bits per heavy atom. The van der Waals surface area contributed by atoms with Crippen LogP contribution in [0.1, 0.15) is 40.2 Å². The predicted octanol–water partition coefficient (Wildman–Crippen LogP) is 3.91. The maximum absolute atomic E-state index is 5.57. The van der Waals surface area contributed by atoms with Crippen LogP contribution in [0.15, 0.2) is 23.2 Å². The summed E-state index contributed by atoms with van der Waals surface area (Å²) in [7, 11) is 3.50. The molecule has 142 valence electrons. The molecule has 2 rings (SSSR count). The van der Waals surface area contributed by atoms with Crippen molar-refractivity contribution < 1.29 is 9.47 Å². The quantitative estimate of drug-likeness (QED) is 0.411. The molecule has 1 saturated heterocycles. The molecule has 1 aliphatic heterocycles. The number of aliphatic imine (C=N–C) groups is 1. The maximum atomic E-state index is 5.57. The fourth-order valence-corrected chi connectivity index (χ4v) is 2.97. The zero-order chi connectivity index (χ0) is 18.0. The van der Waals surface area contributed by atoms with E-state index in [-0.39, 0.29) is 34.9 Å². The summed E-state index contributed by atoms with van der Waals surface area (Å²) in [5.74, 6) is 2.47. The van der Waals surface area contributed by atoms with Crippen LogP contribution in [-0.4, -0.2) is 43.7 Å². The number of methoxy groups -OCH3 is 1. The highest BCUT2D eigenvalue weighted by Crippen LogP contribution is 2.46. The fraction of sp³-hybridized carbons (Fsp3) is 0.632. The van der Waals surface area contributed by atoms with Gasteiger partial charge in [0.05, 0.1) is 13.7 Å². The van der Waals surface area contributed by atoms with Crippen LogP contribution in [0.4, 0.5) is 0 Å². The van der Waals surface area contributed by atoms with E-state index in [4.69, 9.17) is 9.47 Å². The first kappa shape index (κ1) is 21.9. The Labute approximate surface area is 169 Å². The zero-order valence-electron chi connectivity index (χ0n) is 16.5. The minimum atomic E-state index is 0. The summed E-state index contributed by atoms with van der Waals surface area (Å²) < 4.78 is 11.0. The minimum Gasteiger partial charge on any atom is -0.493 e. The fourth-order valence-electron chi connectivity index (χ4n) is 2.97. The molecule has 6 heteroatoms. The Morgan fingerprint density at radius 2 is 1.92 bits per heavy atom. The molecule has 1 aromatic rings. The largest absolute Gasteiger partial charge is 0.493 e. The first-order valence-corrected chi connectivity index (χ1v) is 8.55. The molecule has 0 aliphatic carbocycles. The van der Waals surface area contributed by atoms with Crippen LogP contribution in [0.2, 0.25) is 0 Å². The van der Waals surface area contributed by atoms with Crippen LogP contribution >= 0.6 is 24.0 Å². The number of guanidine groups is 1. The van der Waals surface area contributed by atoms with Gasteiger partial charge in [0.25, 0.3) is 0 Å². The van der Waals surface area contributed by atoms with Gasteiger partial charge in [-0.1, -0.05) is 19.9 Å². The monoisotopic (exact) mass is 461 g/mol. The summed E-state index contributed by atoms with van der Waals surface area (Å²) in [4.78, 5) is 6.78. The highest BCUT2D eigenvalue weighted by atomic mass is 127. The molecule has 1 aliphatic rings. The van der Waals surface area contributed by atoms with E-state index in [0.29, 0.717) is 13.2 Å². The van der Waals surface area contributed by atoms with Crippen molar-refractivity contribution in [3.63, 3.8) is 0 Å². The maximum Gasteiger partial charge on any atom is 0.194 e. The molecular formula is C19H32IN3O2. The van der Waals surface area contributed by atoms with E-state index >= 15 is 0 Å². The molecule has 0 spiro atoms. The molecule has 0 radical (unpaired) electrons. The Morgan fingerprint density at radius 1 is 1.24 bits per heavy atom. The predicted molar refractivity (Wildman–Crippen MR) is 114 cm³/mol. The third-order valence-electron chi connectivity index (χ3n) is 5.33. The van der Waals surface area contributed by atoms with E-state index in [2.05, 4.69) is 49.0 Å². The lowest BCUT2D eigenvalue weighted by Gasteiger charge is -2.62. The smallest absolute Gasteiger partial charge is 0.194 e. The first-order chi connectivity index (χ1) is 11.3. The Balaban J connectivity index is 0.00000312. The normalized spacial score (nSPS) is 18.0. The van der Waals surface area contributed by atoms with Gasteiger partial charge in [0.2, 0.25) is 0 Å². The van der Waals surface area contributed by atoms with Crippen molar-refractivity contribution in [1.82, 2.24) is 10.2 Å². The molecule has 0 unspecified atom stereocenters. The minimum absolute atomic E-state index is 0. The van der Waals surface area contributed by atoms with Gasteiger partial charge in [-0.05, 0) is 38.5 Å². The molecule has 0 amide bonds. The van der Waals surface area contributed by atoms with Crippen molar-refractivity contribution in [3.05, 3.63) is 23.8 Å². The Bertz CT molecular complexity index is 615. The SMILES string of the molecule is CCOc1ccc(CNC(=NC)N2CC(C)(C)C2(C)C)cc1OC.I. The van der Waals surface area contributed by atoms with Gasteiger partial charge in [-0.2, -0.15) is 0 Å². The van der Waals surface area contributed by atoms with Crippen molar-refractivity contribution in [1.29, 1.82) is 0 Å². The van der Waals surface area contributed by atoms with Crippen LogP contribution in [0, 0.1) is 5.41 Å². The number of hydrogen-bond acceptors (Lipinski definition) is 3. The van der Waals surface area contributed by atoms with Gasteiger partial charge >= 0.3 is 0 Å². The second-order valence-electron chi connectivity index (χ2n) is 7.35. The molecule has 0 saturated carbocycles. The van der Waals surface area contributed by atoms with E-state index in [9.17, 15) is 0 Å². The molecule has 1 N–H and O–H groups in total. The lowest BCUT2D eigenvalue weighted by molar-refractivity contribution is -0.0667. The molecular weight excluding hydrogens is 429 g/mol. The van der Waals surface area contributed by atoms with Gasteiger partial charge in [0, 0.05) is 31.1 Å². The second kappa shape index (κ2) is 8.47. The standard InChI is InChI=1S/C19H31N3O2.HI/c1-8-24-15-10-9-14(11-16(15)23-7)12-21-17(20-6)22-13-18(2,3)19(22,4)5;/h9-11H,8,12-13H2,1-7H3,(H,20,21);1H. The van der Waals surface area contributed by atoms with Gasteiger partial charge in [-0.3, -0.25) is 4.99 Å². The third kappa shape index (κ3) is 4.33. The van der Waals surface area contributed by atoms with Crippen LogP contribution < -0.4 is 14.8 Å². The van der Waals surface area contributed by atoms with Crippen LogP contribution in [0.25, 0.3) is 0 Å². The van der Waals surface area contributed by atoms with Gasteiger partial charge in [0.15, 0.2) is 17.5 Å². The summed E-state index contributed by atoms with van der Waals surface area (Å²) >= 11 is 0. The molecule has 0 bridgehead atoms. The van der Waals surface area contributed by atoms with E-state index < -0.39 is 0 Å². The average molecular weight is 461 g/mol. The molecule has 25 heavy (non-hydrogen) atoms. The van der Waals surface area contributed by atoms with Crippen molar-refractivity contribution >= 4 is 29.9 Å². The van der Waals surface area contributed by atoms with Crippen molar-refractivity contribution in [2.45, 2.75) is 46.7 Å². The highest BCUT2D eigenvalue weighted by molar-refractivity contribution is 14.0. The summed E-state index contributed by atoms with van der Waals surface area (Å²) in [6.07, 6.45) is 0. The molecule has 0 atom stereocenters. The highest BCUT2D eigenvalue weighted by Gasteiger charge is 2.53. The number of nitrogens with one attached hydrogen (secondary N) is 1. The summed E-state index contributed by atoms with van der Waals surface area (Å²) in [6.45, 7) is 13.4. The van der Waals surface area contributed by atoms with Gasteiger partial charge in [0.1, 0.15) is 0 Å². The zero-order valence-corrected chi connectivity index (χ0v) is 18.8. The number of benzene rings is 1. The van der Waals surface area contributed by atoms with E-state index in [1.807, 2.05) is 26.1 Å². The van der Waals surface area contributed by atoms with E-state index in [1.165, 1.54) is 0 Å². The number of hydrogen-bond donors (Lipinski definition) is 1. The van der Waals surface area contributed by atoms with Crippen LogP contribution in [0.3, 0.4) is 0 Å². The molecule has 1 aromatic carbocycles.